The van der Waals surface area contributed by atoms with Gasteiger partial charge in [0.1, 0.15) is 11.4 Å². The monoisotopic (exact) mass is 330 g/mol. The van der Waals surface area contributed by atoms with Crippen LogP contribution in [0.4, 0.5) is 0 Å². The maximum Gasteiger partial charge on any atom is 0.345 e. The average Bonchev–Trinajstić information content (AvgIpc) is 2.52. The van der Waals surface area contributed by atoms with Crippen LogP contribution >= 0.6 is 11.6 Å². The van der Waals surface area contributed by atoms with E-state index in [0.29, 0.717) is 0 Å². The molecule has 2 heterocycles. The molecule has 0 radical (unpaired) electrons. The van der Waals surface area contributed by atoms with Crippen molar-refractivity contribution in [3.05, 3.63) is 69.1 Å². The number of aromatic hydroxyl groups is 1. The number of carboxylic acid groups (broad SMARTS) is 1. The molecule has 3 aromatic rings. The molecule has 0 saturated heterocycles. The van der Waals surface area contributed by atoms with Crippen LogP contribution in [-0.4, -0.2) is 25.7 Å². The fourth-order valence-corrected chi connectivity index (χ4v) is 2.55. The van der Waals surface area contributed by atoms with Crippen LogP contribution in [0.15, 0.2) is 47.4 Å². The first-order valence-corrected chi connectivity index (χ1v) is 7.05. The smallest absolute Gasteiger partial charge is 0.345 e. The van der Waals surface area contributed by atoms with Crippen molar-refractivity contribution in [2.45, 2.75) is 6.54 Å². The number of nitrogens with zero attached hydrogens (tertiary/aromatic N) is 2. The fourth-order valence-electron chi connectivity index (χ4n) is 2.39. The maximum atomic E-state index is 12.5. The van der Waals surface area contributed by atoms with Crippen molar-refractivity contribution in [2.75, 3.05) is 0 Å². The summed E-state index contributed by atoms with van der Waals surface area (Å²) in [5.41, 5.74) is -0.542. The molecule has 2 N–H and O–H groups in total. The fraction of sp³-hybridized carbons (Fsp3) is 0.0625. The van der Waals surface area contributed by atoms with E-state index in [9.17, 15) is 19.8 Å². The Morgan fingerprint density at radius 1 is 1.26 bits per heavy atom. The predicted molar refractivity (Wildman–Crippen MR) is 85.2 cm³/mol. The Hall–Kier alpha value is -2.86. The van der Waals surface area contributed by atoms with Crippen LogP contribution < -0.4 is 5.56 Å². The highest BCUT2D eigenvalue weighted by molar-refractivity contribution is 6.31. The lowest BCUT2D eigenvalue weighted by atomic mass is 10.1. The molecule has 1 aromatic carbocycles. The summed E-state index contributed by atoms with van der Waals surface area (Å²) in [6, 6.07) is 10.5. The number of halogens is 1. The van der Waals surface area contributed by atoms with Gasteiger partial charge in [0.25, 0.3) is 5.56 Å². The second kappa shape index (κ2) is 5.73. The molecule has 0 spiro atoms. The van der Waals surface area contributed by atoms with Crippen molar-refractivity contribution in [1.82, 2.24) is 9.55 Å². The van der Waals surface area contributed by atoms with E-state index in [1.54, 1.807) is 0 Å². The van der Waals surface area contributed by atoms with Gasteiger partial charge in [-0.3, -0.25) is 9.36 Å². The van der Waals surface area contributed by atoms with E-state index in [1.807, 2.05) is 30.3 Å². The largest absolute Gasteiger partial charge is 0.506 e. The summed E-state index contributed by atoms with van der Waals surface area (Å²) in [5, 5.41) is 19.7. The van der Waals surface area contributed by atoms with Gasteiger partial charge in [-0.05, 0) is 11.6 Å². The van der Waals surface area contributed by atoms with Gasteiger partial charge in [0.15, 0.2) is 5.56 Å². The van der Waals surface area contributed by atoms with E-state index in [1.165, 1.54) is 16.8 Å². The van der Waals surface area contributed by atoms with Crippen LogP contribution in [0.1, 0.15) is 15.9 Å². The standard InChI is InChI=1S/C16H11ClN2O4/c17-10-6-11-13(20)12(16(22)23)15(21)19(14(11)18-7-10)8-9-4-2-1-3-5-9/h1-7,20H,8H2,(H,22,23). The summed E-state index contributed by atoms with van der Waals surface area (Å²) >= 11 is 5.87. The molecule has 0 amide bonds. The van der Waals surface area contributed by atoms with Gasteiger partial charge in [-0.25, -0.2) is 9.78 Å². The molecule has 0 aliphatic carbocycles. The summed E-state index contributed by atoms with van der Waals surface area (Å²) < 4.78 is 1.21. The lowest BCUT2D eigenvalue weighted by molar-refractivity contribution is 0.0691. The van der Waals surface area contributed by atoms with Crippen molar-refractivity contribution in [1.29, 1.82) is 0 Å². The van der Waals surface area contributed by atoms with Gasteiger partial charge in [0.2, 0.25) is 0 Å². The van der Waals surface area contributed by atoms with Crippen LogP contribution in [0.5, 0.6) is 5.75 Å². The molecule has 0 unspecified atom stereocenters. The van der Waals surface area contributed by atoms with E-state index in [4.69, 9.17) is 11.6 Å². The SMILES string of the molecule is O=C(O)c1c(O)c2cc(Cl)cnc2n(Cc2ccccc2)c1=O. The molecule has 0 fully saturated rings. The Balaban J connectivity index is 2.35. The molecule has 3 rings (SSSR count). The lowest BCUT2D eigenvalue weighted by Gasteiger charge is -2.13. The third-order valence-corrected chi connectivity index (χ3v) is 3.64. The van der Waals surface area contributed by atoms with E-state index < -0.39 is 22.8 Å². The minimum absolute atomic E-state index is 0.116. The van der Waals surface area contributed by atoms with Crippen LogP contribution in [0.2, 0.25) is 5.02 Å². The Kier molecular flexibility index (Phi) is 3.75. The number of fused-ring (bicyclic) bond motifs is 1. The zero-order chi connectivity index (χ0) is 16.6. The number of carbonyl (C=O) groups is 1. The molecular weight excluding hydrogens is 320 g/mol. The average molecular weight is 331 g/mol. The third kappa shape index (κ3) is 2.64. The van der Waals surface area contributed by atoms with E-state index in [2.05, 4.69) is 4.98 Å². The van der Waals surface area contributed by atoms with Gasteiger partial charge in [-0.1, -0.05) is 41.9 Å². The molecule has 2 aromatic heterocycles. The van der Waals surface area contributed by atoms with Crippen molar-refractivity contribution >= 4 is 28.6 Å². The highest BCUT2D eigenvalue weighted by Gasteiger charge is 2.22. The number of aromatic nitrogens is 2. The Morgan fingerprint density at radius 3 is 2.61 bits per heavy atom. The molecule has 7 heteroatoms. The normalized spacial score (nSPS) is 10.8. The van der Waals surface area contributed by atoms with Crippen molar-refractivity contribution < 1.29 is 15.0 Å². The number of hydrogen-bond acceptors (Lipinski definition) is 4. The molecule has 0 aliphatic rings. The first kappa shape index (κ1) is 15.1. The number of pyridine rings is 2. The molecule has 0 aliphatic heterocycles. The summed E-state index contributed by atoms with van der Waals surface area (Å²) in [6.45, 7) is 0.130. The van der Waals surface area contributed by atoms with Gasteiger partial charge in [-0.15, -0.1) is 0 Å². The highest BCUT2D eigenvalue weighted by atomic mass is 35.5. The second-order valence-electron chi connectivity index (χ2n) is 4.93. The van der Waals surface area contributed by atoms with Gasteiger partial charge < -0.3 is 10.2 Å². The van der Waals surface area contributed by atoms with Crippen molar-refractivity contribution in [3.8, 4) is 5.75 Å². The van der Waals surface area contributed by atoms with E-state index in [0.717, 1.165) is 5.56 Å². The second-order valence-corrected chi connectivity index (χ2v) is 5.37. The minimum Gasteiger partial charge on any atom is -0.506 e. The molecule has 0 saturated carbocycles. The Labute approximate surface area is 135 Å². The van der Waals surface area contributed by atoms with Crippen LogP contribution in [0.25, 0.3) is 11.0 Å². The van der Waals surface area contributed by atoms with Crippen molar-refractivity contribution in [3.63, 3.8) is 0 Å². The minimum atomic E-state index is -1.50. The first-order valence-electron chi connectivity index (χ1n) is 6.67. The van der Waals surface area contributed by atoms with Crippen LogP contribution in [0, 0.1) is 0 Å². The lowest BCUT2D eigenvalue weighted by Crippen LogP contribution is -2.28. The molecule has 0 bridgehead atoms. The number of benzene rings is 1. The third-order valence-electron chi connectivity index (χ3n) is 3.44. The zero-order valence-electron chi connectivity index (χ0n) is 11.7. The quantitative estimate of drug-likeness (QED) is 0.769. The van der Waals surface area contributed by atoms with Crippen LogP contribution in [-0.2, 0) is 6.54 Å². The number of carboxylic acids is 1. The van der Waals surface area contributed by atoms with Gasteiger partial charge >= 0.3 is 5.97 Å². The molecular formula is C16H11ClN2O4. The zero-order valence-corrected chi connectivity index (χ0v) is 12.5. The molecule has 116 valence electrons. The summed E-state index contributed by atoms with van der Waals surface area (Å²) in [5.74, 6) is -2.13. The van der Waals surface area contributed by atoms with Crippen LogP contribution in [0.3, 0.4) is 0 Å². The summed E-state index contributed by atoms with van der Waals surface area (Å²) in [4.78, 5) is 27.9. The number of hydrogen-bond donors (Lipinski definition) is 2. The molecule has 6 nitrogen and oxygen atoms in total. The summed E-state index contributed by atoms with van der Waals surface area (Å²) in [7, 11) is 0. The number of rotatable bonds is 3. The topological polar surface area (TPSA) is 92.4 Å². The first-order chi connectivity index (χ1) is 11.0. The Bertz CT molecular complexity index is 967. The number of aromatic carboxylic acids is 1. The van der Waals surface area contributed by atoms with Gasteiger partial charge in [0, 0.05) is 6.20 Å². The van der Waals surface area contributed by atoms with E-state index >= 15 is 0 Å². The van der Waals surface area contributed by atoms with Gasteiger partial charge in [-0.2, -0.15) is 0 Å². The predicted octanol–water partition coefficient (Wildman–Crippen LogP) is 2.50. The highest BCUT2D eigenvalue weighted by Crippen LogP contribution is 2.27. The summed E-state index contributed by atoms with van der Waals surface area (Å²) in [6.07, 6.45) is 1.34. The molecule has 0 atom stereocenters. The van der Waals surface area contributed by atoms with Crippen molar-refractivity contribution in [2.24, 2.45) is 0 Å². The Morgan fingerprint density at radius 2 is 1.96 bits per heavy atom. The maximum absolute atomic E-state index is 12.5. The molecule has 23 heavy (non-hydrogen) atoms. The van der Waals surface area contributed by atoms with E-state index in [-0.39, 0.29) is 22.6 Å². The van der Waals surface area contributed by atoms with Gasteiger partial charge in [0.05, 0.1) is 17.0 Å².